The number of nitro benzene ring substituents is 1. The van der Waals surface area contributed by atoms with Gasteiger partial charge < -0.3 is 9.88 Å². The molecule has 0 bridgehead atoms. The van der Waals surface area contributed by atoms with Crippen molar-refractivity contribution >= 4 is 22.1 Å². The van der Waals surface area contributed by atoms with Crippen LogP contribution >= 0.6 is 0 Å². The Hall–Kier alpha value is -2.96. The van der Waals surface area contributed by atoms with E-state index in [2.05, 4.69) is 15.3 Å². The van der Waals surface area contributed by atoms with Crippen LogP contribution in [0.2, 0.25) is 0 Å². The lowest BCUT2D eigenvalue weighted by molar-refractivity contribution is -0.383. The fourth-order valence-electron chi connectivity index (χ4n) is 2.23. The number of non-ortho nitro benzene ring substituents is 1. The highest BCUT2D eigenvalue weighted by atomic mass is 16.6. The van der Waals surface area contributed by atoms with Gasteiger partial charge in [-0.05, 0) is 12.1 Å². The molecule has 2 aromatic heterocycles. The molecule has 1 N–H and O–H groups in total. The number of rotatable bonds is 4. The Morgan fingerprint density at radius 1 is 1.29 bits per heavy atom. The summed E-state index contributed by atoms with van der Waals surface area (Å²) in [6, 6.07) is 4.97. The zero-order valence-corrected chi connectivity index (χ0v) is 11.4. The van der Waals surface area contributed by atoms with E-state index < -0.39 is 4.92 Å². The molecule has 0 fully saturated rings. The van der Waals surface area contributed by atoms with Gasteiger partial charge in [0, 0.05) is 49.0 Å². The van der Waals surface area contributed by atoms with E-state index in [4.69, 9.17) is 0 Å². The number of benzene rings is 1. The normalized spacial score (nSPS) is 10.7. The molecule has 0 aliphatic rings. The first-order chi connectivity index (χ1) is 10.2. The van der Waals surface area contributed by atoms with Crippen molar-refractivity contribution in [1.29, 1.82) is 0 Å². The number of aryl methyl sites for hydroxylation is 1. The zero-order valence-electron chi connectivity index (χ0n) is 11.4. The van der Waals surface area contributed by atoms with Gasteiger partial charge in [-0.1, -0.05) is 0 Å². The molecule has 0 aliphatic carbocycles. The molecule has 7 nitrogen and oxygen atoms in total. The number of hydrogen-bond acceptors (Lipinski definition) is 5. The number of nitrogens with one attached hydrogen (secondary N) is 1. The lowest BCUT2D eigenvalue weighted by Crippen LogP contribution is -2.06. The van der Waals surface area contributed by atoms with Crippen LogP contribution in [0, 0.1) is 10.1 Å². The van der Waals surface area contributed by atoms with Gasteiger partial charge in [0.15, 0.2) is 0 Å². The van der Waals surface area contributed by atoms with Crippen molar-refractivity contribution < 1.29 is 4.92 Å². The molecule has 3 rings (SSSR count). The molecule has 0 radical (unpaired) electrons. The second-order valence-corrected chi connectivity index (χ2v) is 4.62. The van der Waals surface area contributed by atoms with E-state index >= 15 is 0 Å². The van der Waals surface area contributed by atoms with Crippen molar-refractivity contribution in [2.24, 2.45) is 7.05 Å². The van der Waals surface area contributed by atoms with Crippen molar-refractivity contribution in [2.75, 3.05) is 5.32 Å². The van der Waals surface area contributed by atoms with Crippen LogP contribution < -0.4 is 5.32 Å². The molecule has 2 heterocycles. The highest BCUT2D eigenvalue weighted by Crippen LogP contribution is 2.30. The summed E-state index contributed by atoms with van der Waals surface area (Å²) in [5.41, 5.74) is 0.877. The molecule has 3 aromatic rings. The summed E-state index contributed by atoms with van der Waals surface area (Å²) in [7, 11) is 1.92. The highest BCUT2D eigenvalue weighted by molar-refractivity contribution is 5.99. The van der Waals surface area contributed by atoms with Crippen LogP contribution in [0.5, 0.6) is 0 Å². The van der Waals surface area contributed by atoms with Gasteiger partial charge in [-0.3, -0.25) is 15.1 Å². The first-order valence-electron chi connectivity index (χ1n) is 6.38. The minimum Gasteiger partial charge on any atom is -0.377 e. The Bertz CT molecular complexity index is 812. The molecular weight excluding hydrogens is 270 g/mol. The predicted octanol–water partition coefficient (Wildman–Crippen LogP) is 2.49. The molecule has 0 atom stereocenters. The van der Waals surface area contributed by atoms with Crippen molar-refractivity contribution in [2.45, 2.75) is 6.54 Å². The van der Waals surface area contributed by atoms with Gasteiger partial charge in [-0.15, -0.1) is 0 Å². The second kappa shape index (κ2) is 5.20. The monoisotopic (exact) mass is 283 g/mol. The van der Waals surface area contributed by atoms with E-state index in [9.17, 15) is 10.1 Å². The Kier molecular flexibility index (Phi) is 3.23. The summed E-state index contributed by atoms with van der Waals surface area (Å²) in [5.74, 6) is 0.885. The number of nitrogens with zero attached hydrogens (tertiary/aromatic N) is 4. The molecule has 0 spiro atoms. The summed E-state index contributed by atoms with van der Waals surface area (Å²) in [6.07, 6.45) is 6.74. The minimum atomic E-state index is -0.396. The van der Waals surface area contributed by atoms with E-state index in [-0.39, 0.29) is 5.69 Å². The third-order valence-corrected chi connectivity index (χ3v) is 3.35. The first-order valence-corrected chi connectivity index (χ1v) is 6.38. The molecule has 0 saturated carbocycles. The first kappa shape index (κ1) is 13.0. The fourth-order valence-corrected chi connectivity index (χ4v) is 2.23. The number of pyridine rings is 1. The summed E-state index contributed by atoms with van der Waals surface area (Å²) in [6.45, 7) is 0.540. The van der Waals surface area contributed by atoms with Crippen molar-refractivity contribution in [3.05, 3.63) is 58.9 Å². The molecule has 7 heteroatoms. The summed E-state index contributed by atoms with van der Waals surface area (Å²) in [5, 5.41) is 15.6. The van der Waals surface area contributed by atoms with Crippen LogP contribution in [-0.2, 0) is 13.6 Å². The quantitative estimate of drug-likeness (QED) is 0.587. The number of nitro groups is 1. The van der Waals surface area contributed by atoms with E-state index in [1.807, 2.05) is 17.8 Å². The standard InChI is InChI=1S/C14H13N5O2/c1-18-7-6-16-14(18)9-17-12-2-3-13(19(20)21)11-8-15-5-4-10(11)12/h2-8,17H,9H2,1H3. The van der Waals surface area contributed by atoms with Gasteiger partial charge in [0.25, 0.3) is 5.69 Å². The SMILES string of the molecule is Cn1ccnc1CNc1ccc([N+](=O)[O-])c2cnccc12. The van der Waals surface area contributed by atoms with Gasteiger partial charge in [0.1, 0.15) is 5.82 Å². The number of anilines is 1. The van der Waals surface area contributed by atoms with Crippen LogP contribution in [0.4, 0.5) is 11.4 Å². The minimum absolute atomic E-state index is 0.0561. The lowest BCUT2D eigenvalue weighted by atomic mass is 10.1. The number of aromatic nitrogens is 3. The van der Waals surface area contributed by atoms with Crippen LogP contribution in [-0.4, -0.2) is 19.5 Å². The molecule has 0 amide bonds. The third kappa shape index (κ3) is 2.40. The van der Waals surface area contributed by atoms with Gasteiger partial charge in [0.05, 0.1) is 16.9 Å². The smallest absolute Gasteiger partial charge is 0.278 e. The average Bonchev–Trinajstić information content (AvgIpc) is 2.89. The molecular formula is C14H13N5O2. The molecule has 106 valence electrons. The zero-order chi connectivity index (χ0) is 14.8. The summed E-state index contributed by atoms with van der Waals surface area (Å²) >= 11 is 0. The highest BCUT2D eigenvalue weighted by Gasteiger charge is 2.14. The number of hydrogen-bond donors (Lipinski definition) is 1. The van der Waals surface area contributed by atoms with Crippen molar-refractivity contribution in [1.82, 2.24) is 14.5 Å². The van der Waals surface area contributed by atoms with E-state index in [0.29, 0.717) is 11.9 Å². The van der Waals surface area contributed by atoms with E-state index in [1.54, 1.807) is 24.5 Å². The summed E-state index contributed by atoms with van der Waals surface area (Å²) < 4.78 is 1.92. The van der Waals surface area contributed by atoms with Gasteiger partial charge in [-0.25, -0.2) is 4.98 Å². The fraction of sp³-hybridized carbons (Fsp3) is 0.143. The molecule has 0 aliphatic heterocycles. The topological polar surface area (TPSA) is 85.9 Å². The van der Waals surface area contributed by atoms with Crippen molar-refractivity contribution in [3.8, 4) is 0 Å². The Morgan fingerprint density at radius 2 is 2.14 bits per heavy atom. The van der Waals surface area contributed by atoms with Crippen LogP contribution in [0.25, 0.3) is 10.8 Å². The predicted molar refractivity (Wildman–Crippen MR) is 78.9 cm³/mol. The third-order valence-electron chi connectivity index (χ3n) is 3.35. The summed E-state index contributed by atoms with van der Waals surface area (Å²) in [4.78, 5) is 18.9. The van der Waals surface area contributed by atoms with Gasteiger partial charge in [-0.2, -0.15) is 0 Å². The second-order valence-electron chi connectivity index (χ2n) is 4.62. The molecule has 0 unspecified atom stereocenters. The Balaban J connectivity index is 1.98. The Morgan fingerprint density at radius 3 is 2.86 bits per heavy atom. The number of fused-ring (bicyclic) bond motifs is 1. The Labute approximate surface area is 120 Å². The molecule has 1 aromatic carbocycles. The average molecular weight is 283 g/mol. The van der Waals surface area contributed by atoms with E-state index in [0.717, 1.165) is 16.9 Å². The molecule has 21 heavy (non-hydrogen) atoms. The lowest BCUT2D eigenvalue weighted by Gasteiger charge is -2.10. The van der Waals surface area contributed by atoms with Crippen LogP contribution in [0.15, 0.2) is 43.0 Å². The van der Waals surface area contributed by atoms with E-state index in [1.165, 1.54) is 12.3 Å². The van der Waals surface area contributed by atoms with Crippen LogP contribution in [0.1, 0.15) is 5.82 Å². The number of imidazole rings is 1. The maximum absolute atomic E-state index is 11.1. The molecule has 0 saturated heterocycles. The van der Waals surface area contributed by atoms with Crippen molar-refractivity contribution in [3.63, 3.8) is 0 Å². The van der Waals surface area contributed by atoms with Gasteiger partial charge in [0.2, 0.25) is 0 Å². The largest absolute Gasteiger partial charge is 0.377 e. The maximum Gasteiger partial charge on any atom is 0.278 e. The van der Waals surface area contributed by atoms with Crippen LogP contribution in [0.3, 0.4) is 0 Å². The van der Waals surface area contributed by atoms with Gasteiger partial charge >= 0.3 is 0 Å². The maximum atomic E-state index is 11.1.